The number of carbonyl (C=O) groups is 1. The normalized spacial score (nSPS) is 9.89. The number of rotatable bonds is 10. The summed E-state index contributed by atoms with van der Waals surface area (Å²) in [5, 5.41) is 3.32. The molecule has 1 aromatic carbocycles. The molecule has 0 saturated heterocycles. The molecule has 4 nitrogen and oxygen atoms in total. The Morgan fingerprint density at radius 3 is 2.53 bits per heavy atom. The molecule has 0 spiro atoms. The van der Waals surface area contributed by atoms with Crippen molar-refractivity contribution in [3.05, 3.63) is 36.9 Å². The molecule has 0 aliphatic heterocycles. The molecule has 19 heavy (non-hydrogen) atoms. The molecule has 102 valence electrons. The quantitative estimate of drug-likeness (QED) is 0.384. The average Bonchev–Trinajstić information content (AvgIpc) is 2.46. The molecule has 0 saturated carbocycles. The summed E-state index contributed by atoms with van der Waals surface area (Å²) in [6, 6.07) is 7.14. The van der Waals surface area contributed by atoms with Crippen LogP contribution in [0.4, 0.5) is 5.69 Å². The van der Waals surface area contributed by atoms with E-state index >= 15 is 0 Å². The van der Waals surface area contributed by atoms with Crippen molar-refractivity contribution in [1.82, 2.24) is 0 Å². The molecule has 0 atom stereocenters. The molecule has 0 amide bonds. The lowest BCUT2D eigenvalue weighted by atomic mass is 10.1. The summed E-state index contributed by atoms with van der Waals surface area (Å²) in [5.41, 5.74) is 7.47. The molecule has 1 N–H and O–H groups in total. The molecular formula is C15H20N2O2. The van der Waals surface area contributed by atoms with Crippen molar-refractivity contribution in [1.29, 1.82) is 5.53 Å². The van der Waals surface area contributed by atoms with Crippen molar-refractivity contribution in [2.75, 3.05) is 6.61 Å². The van der Waals surface area contributed by atoms with Gasteiger partial charge in [0.15, 0.2) is 5.78 Å². The van der Waals surface area contributed by atoms with Crippen LogP contribution in [0.15, 0.2) is 42.0 Å². The summed E-state index contributed by atoms with van der Waals surface area (Å²) in [7, 11) is 0. The van der Waals surface area contributed by atoms with Crippen LogP contribution < -0.4 is 4.74 Å². The van der Waals surface area contributed by atoms with Crippen molar-refractivity contribution in [2.24, 2.45) is 5.11 Å². The van der Waals surface area contributed by atoms with Crippen LogP contribution in [0.25, 0.3) is 0 Å². The number of allylic oxidation sites excluding steroid dienone is 1. The van der Waals surface area contributed by atoms with Gasteiger partial charge in [0.05, 0.1) is 12.3 Å². The van der Waals surface area contributed by atoms with E-state index < -0.39 is 0 Å². The van der Waals surface area contributed by atoms with Crippen LogP contribution >= 0.6 is 0 Å². The number of hydrogen-bond donors (Lipinski definition) is 1. The first-order valence-corrected chi connectivity index (χ1v) is 6.52. The van der Waals surface area contributed by atoms with E-state index in [0.717, 1.165) is 31.4 Å². The van der Waals surface area contributed by atoms with Gasteiger partial charge in [-0.15, -0.1) is 0 Å². The maximum atomic E-state index is 11.0. The van der Waals surface area contributed by atoms with E-state index in [9.17, 15) is 4.79 Å². The van der Waals surface area contributed by atoms with E-state index in [1.54, 1.807) is 12.1 Å². The third-order valence-corrected chi connectivity index (χ3v) is 2.78. The van der Waals surface area contributed by atoms with Crippen LogP contribution in [0.3, 0.4) is 0 Å². The maximum absolute atomic E-state index is 11.0. The van der Waals surface area contributed by atoms with E-state index in [4.69, 9.17) is 10.3 Å². The second kappa shape index (κ2) is 9.03. The number of carbonyl (C=O) groups excluding carboxylic acids is 1. The fourth-order valence-electron chi connectivity index (χ4n) is 1.66. The zero-order valence-corrected chi connectivity index (χ0v) is 11.1. The number of hydrogen-bond acceptors (Lipinski definition) is 4. The monoisotopic (exact) mass is 260 g/mol. The molecular weight excluding hydrogens is 240 g/mol. The molecule has 0 aliphatic rings. The largest absolute Gasteiger partial charge is 0.494 e. The molecule has 1 aromatic rings. The maximum Gasteiger partial charge on any atom is 0.155 e. The average molecular weight is 260 g/mol. The number of ether oxygens (including phenoxy) is 1. The molecule has 0 aromatic heterocycles. The minimum Gasteiger partial charge on any atom is -0.494 e. The predicted molar refractivity (Wildman–Crippen MR) is 75.0 cm³/mol. The summed E-state index contributed by atoms with van der Waals surface area (Å²) in [6.45, 7) is 4.12. The topological polar surface area (TPSA) is 62.5 Å². The summed E-state index contributed by atoms with van der Waals surface area (Å²) in [4.78, 5) is 11.0. The van der Waals surface area contributed by atoms with Gasteiger partial charge in [-0.25, -0.2) is 5.53 Å². The second-order valence-electron chi connectivity index (χ2n) is 4.29. The first-order valence-electron chi connectivity index (χ1n) is 6.52. The Balaban J connectivity index is 2.05. The first-order chi connectivity index (χ1) is 9.26. The molecule has 0 radical (unpaired) electrons. The SMILES string of the molecule is C=CC(=O)CCCCCCOc1ccc(N=N)cc1. The van der Waals surface area contributed by atoms with Gasteiger partial charge in [-0.2, -0.15) is 5.11 Å². The van der Waals surface area contributed by atoms with E-state index in [1.807, 2.05) is 12.1 Å². The highest BCUT2D eigenvalue weighted by Crippen LogP contribution is 2.18. The van der Waals surface area contributed by atoms with Crippen molar-refractivity contribution in [3.8, 4) is 5.75 Å². The molecule has 0 bridgehead atoms. The predicted octanol–water partition coefficient (Wildman–Crippen LogP) is 4.43. The fraction of sp³-hybridized carbons (Fsp3) is 0.400. The van der Waals surface area contributed by atoms with Gasteiger partial charge in [0.25, 0.3) is 0 Å². The number of benzene rings is 1. The Bertz CT molecular complexity index is 413. The van der Waals surface area contributed by atoms with Crippen LogP contribution in [0.1, 0.15) is 32.1 Å². The zero-order valence-electron chi connectivity index (χ0n) is 11.1. The Labute approximate surface area is 114 Å². The van der Waals surface area contributed by atoms with Crippen molar-refractivity contribution in [2.45, 2.75) is 32.1 Å². The Morgan fingerprint density at radius 1 is 1.21 bits per heavy atom. The van der Waals surface area contributed by atoms with Gasteiger partial charge in [0.1, 0.15) is 5.75 Å². The van der Waals surface area contributed by atoms with Crippen LogP contribution in [-0.4, -0.2) is 12.4 Å². The lowest BCUT2D eigenvalue weighted by Crippen LogP contribution is -1.97. The Hall–Kier alpha value is -1.97. The zero-order chi connectivity index (χ0) is 13.9. The number of unbranched alkanes of at least 4 members (excludes halogenated alkanes) is 3. The number of nitrogens with one attached hydrogen (secondary N) is 1. The number of nitrogens with zero attached hydrogens (tertiary/aromatic N) is 1. The standard InChI is InChI=1S/C15H20N2O2/c1-2-14(18)7-5-3-4-6-12-19-15-10-8-13(17-16)9-11-15/h2,8-11,16H,1,3-7,12H2. The highest BCUT2D eigenvalue weighted by atomic mass is 16.5. The molecule has 0 fully saturated rings. The van der Waals surface area contributed by atoms with Gasteiger partial charge < -0.3 is 4.74 Å². The van der Waals surface area contributed by atoms with Crippen molar-refractivity contribution in [3.63, 3.8) is 0 Å². The molecule has 1 rings (SSSR count). The lowest BCUT2D eigenvalue weighted by molar-refractivity contribution is -0.114. The molecule has 0 unspecified atom stereocenters. The Kier molecular flexibility index (Phi) is 7.17. The van der Waals surface area contributed by atoms with Crippen molar-refractivity contribution >= 4 is 11.5 Å². The highest BCUT2D eigenvalue weighted by molar-refractivity contribution is 5.88. The first kappa shape index (κ1) is 15.1. The number of ketones is 1. The van der Waals surface area contributed by atoms with E-state index in [-0.39, 0.29) is 5.78 Å². The van der Waals surface area contributed by atoms with Crippen LogP contribution in [0, 0.1) is 5.53 Å². The summed E-state index contributed by atoms with van der Waals surface area (Å²) >= 11 is 0. The van der Waals surface area contributed by atoms with Gasteiger partial charge in [0.2, 0.25) is 0 Å². The minimum absolute atomic E-state index is 0.121. The van der Waals surface area contributed by atoms with Gasteiger partial charge in [-0.1, -0.05) is 19.4 Å². The summed E-state index contributed by atoms with van der Waals surface area (Å²) in [6.07, 6.45) is 5.99. The molecule has 0 heterocycles. The minimum atomic E-state index is 0.121. The molecule has 4 heteroatoms. The smallest absolute Gasteiger partial charge is 0.155 e. The van der Waals surface area contributed by atoms with E-state index in [0.29, 0.717) is 18.7 Å². The molecule has 0 aliphatic carbocycles. The Morgan fingerprint density at radius 2 is 1.89 bits per heavy atom. The third-order valence-electron chi connectivity index (χ3n) is 2.78. The van der Waals surface area contributed by atoms with E-state index in [2.05, 4.69) is 11.7 Å². The van der Waals surface area contributed by atoms with Gasteiger partial charge in [-0.3, -0.25) is 4.79 Å². The second-order valence-corrected chi connectivity index (χ2v) is 4.29. The summed E-state index contributed by atoms with van der Waals surface area (Å²) < 4.78 is 5.57. The van der Waals surface area contributed by atoms with Gasteiger partial charge >= 0.3 is 0 Å². The van der Waals surface area contributed by atoms with Gasteiger partial charge in [0, 0.05) is 6.42 Å². The fourth-order valence-corrected chi connectivity index (χ4v) is 1.66. The van der Waals surface area contributed by atoms with Crippen LogP contribution in [0.5, 0.6) is 5.75 Å². The van der Waals surface area contributed by atoms with Crippen molar-refractivity contribution < 1.29 is 9.53 Å². The summed E-state index contributed by atoms with van der Waals surface area (Å²) in [5.74, 6) is 0.922. The lowest BCUT2D eigenvalue weighted by Gasteiger charge is -2.05. The highest BCUT2D eigenvalue weighted by Gasteiger charge is 1.97. The van der Waals surface area contributed by atoms with Crippen LogP contribution in [-0.2, 0) is 4.79 Å². The van der Waals surface area contributed by atoms with Crippen LogP contribution in [0.2, 0.25) is 0 Å². The van der Waals surface area contributed by atoms with Gasteiger partial charge in [-0.05, 0) is 43.2 Å². The van der Waals surface area contributed by atoms with E-state index in [1.165, 1.54) is 6.08 Å². The third kappa shape index (κ3) is 6.50.